The average molecular weight is 417 g/mol. The summed E-state index contributed by atoms with van der Waals surface area (Å²) in [5.74, 6) is 0.115. The smallest absolute Gasteiger partial charge is 0.349 e. The lowest BCUT2D eigenvalue weighted by Gasteiger charge is -2.13. The zero-order valence-electron chi connectivity index (χ0n) is 17.9. The van der Waals surface area contributed by atoms with Crippen LogP contribution >= 0.6 is 0 Å². The lowest BCUT2D eigenvalue weighted by atomic mass is 9.95. The number of carbonyl (C=O) groups excluding carboxylic acids is 1. The van der Waals surface area contributed by atoms with Crippen molar-refractivity contribution in [1.82, 2.24) is 0 Å². The number of hydrogen-bond donors (Lipinski definition) is 0. The number of methoxy groups -OCH3 is 1. The normalized spacial score (nSPS) is 11.4. The molecule has 3 aromatic rings. The first-order valence-corrected chi connectivity index (χ1v) is 9.82. The van der Waals surface area contributed by atoms with E-state index >= 15 is 0 Å². The van der Waals surface area contributed by atoms with Gasteiger partial charge >= 0.3 is 11.6 Å². The molecular weight excluding hydrogens is 394 g/mol. The molecule has 31 heavy (non-hydrogen) atoms. The predicted molar refractivity (Wildman–Crippen MR) is 118 cm³/mol. The number of rotatable bonds is 6. The van der Waals surface area contributed by atoms with Crippen molar-refractivity contribution in [2.24, 2.45) is 0 Å². The average Bonchev–Trinajstić information content (AvgIpc) is 2.74. The van der Waals surface area contributed by atoms with E-state index in [2.05, 4.69) is 13.8 Å². The van der Waals surface area contributed by atoms with Crippen molar-refractivity contribution in [2.75, 3.05) is 7.11 Å². The van der Waals surface area contributed by atoms with Crippen molar-refractivity contribution in [3.63, 3.8) is 0 Å². The molecule has 6 heteroatoms. The van der Waals surface area contributed by atoms with Crippen molar-refractivity contribution >= 4 is 23.0 Å². The number of nitriles is 1. The van der Waals surface area contributed by atoms with Crippen molar-refractivity contribution < 1.29 is 18.7 Å². The molecule has 0 amide bonds. The molecule has 1 heterocycles. The van der Waals surface area contributed by atoms with Crippen molar-refractivity contribution in [3.05, 3.63) is 80.7 Å². The Kier molecular flexibility index (Phi) is 6.56. The minimum absolute atomic E-state index is 0.153. The van der Waals surface area contributed by atoms with E-state index in [0.29, 0.717) is 27.8 Å². The Labute approximate surface area is 180 Å². The maximum Gasteiger partial charge on any atom is 0.349 e. The van der Waals surface area contributed by atoms with Gasteiger partial charge in [0.2, 0.25) is 0 Å². The topological polar surface area (TPSA) is 89.5 Å². The molecule has 0 spiro atoms. The molecule has 2 aromatic carbocycles. The molecule has 0 aliphatic heterocycles. The predicted octanol–water partition coefficient (Wildman–Crippen LogP) is 4.88. The van der Waals surface area contributed by atoms with E-state index in [1.54, 1.807) is 24.3 Å². The minimum atomic E-state index is -0.775. The number of esters is 1. The first-order chi connectivity index (χ1) is 14.8. The maximum absolute atomic E-state index is 12.5. The standard InChI is InChI=1S/C25H23NO5/c1-15(2)21-12-22-19(11-24(27)31-23(22)8-16(21)3)14-30-25(28)18(13-26)9-17-6-5-7-20(10-17)29-4/h5-12,15H,14H2,1-4H3/b18-9+. The highest BCUT2D eigenvalue weighted by Gasteiger charge is 2.15. The fourth-order valence-electron chi connectivity index (χ4n) is 3.39. The van der Waals surface area contributed by atoms with Gasteiger partial charge in [-0.05, 0) is 59.9 Å². The summed E-state index contributed by atoms with van der Waals surface area (Å²) in [6, 6.07) is 13.9. The Balaban J connectivity index is 1.89. The third-order valence-corrected chi connectivity index (χ3v) is 4.94. The van der Waals surface area contributed by atoms with E-state index in [1.807, 2.05) is 25.1 Å². The van der Waals surface area contributed by atoms with Crippen molar-refractivity contribution in [3.8, 4) is 11.8 Å². The van der Waals surface area contributed by atoms with Gasteiger partial charge in [0.1, 0.15) is 29.6 Å². The third kappa shape index (κ3) is 5.01. The van der Waals surface area contributed by atoms with Crippen LogP contribution in [0.2, 0.25) is 0 Å². The van der Waals surface area contributed by atoms with Crippen LogP contribution in [0.15, 0.2) is 57.2 Å². The van der Waals surface area contributed by atoms with Gasteiger partial charge in [-0.1, -0.05) is 26.0 Å². The molecule has 0 N–H and O–H groups in total. The second-order valence-corrected chi connectivity index (χ2v) is 7.47. The number of carbonyl (C=O) groups is 1. The summed E-state index contributed by atoms with van der Waals surface area (Å²) in [7, 11) is 1.54. The Bertz CT molecular complexity index is 1260. The summed E-state index contributed by atoms with van der Waals surface area (Å²) in [6.07, 6.45) is 1.43. The molecule has 0 radical (unpaired) electrons. The summed E-state index contributed by atoms with van der Waals surface area (Å²) in [6.45, 7) is 5.97. The van der Waals surface area contributed by atoms with Gasteiger partial charge in [0.05, 0.1) is 7.11 Å². The second kappa shape index (κ2) is 9.31. The van der Waals surface area contributed by atoms with Gasteiger partial charge in [-0.15, -0.1) is 0 Å². The number of nitrogens with zero attached hydrogens (tertiary/aromatic N) is 1. The van der Waals surface area contributed by atoms with E-state index in [9.17, 15) is 14.9 Å². The molecule has 0 unspecified atom stereocenters. The van der Waals surface area contributed by atoms with Gasteiger partial charge in [0.25, 0.3) is 0 Å². The summed E-state index contributed by atoms with van der Waals surface area (Å²) in [5.41, 5.74) is 3.06. The number of ether oxygens (including phenoxy) is 2. The molecule has 0 aliphatic rings. The number of fused-ring (bicyclic) bond motifs is 1. The van der Waals surface area contributed by atoms with Crippen LogP contribution < -0.4 is 10.4 Å². The lowest BCUT2D eigenvalue weighted by molar-refractivity contribution is -0.139. The SMILES string of the molecule is COc1cccc(/C=C(\C#N)C(=O)OCc2cc(=O)oc3cc(C)c(C(C)C)cc23)c1. The molecule has 1 aromatic heterocycles. The first-order valence-electron chi connectivity index (χ1n) is 9.82. The van der Waals surface area contributed by atoms with Crippen LogP contribution in [0.5, 0.6) is 5.75 Å². The summed E-state index contributed by atoms with van der Waals surface area (Å²) in [5, 5.41) is 10.1. The van der Waals surface area contributed by atoms with Crippen LogP contribution in [0.1, 0.15) is 42.0 Å². The lowest BCUT2D eigenvalue weighted by Crippen LogP contribution is -2.09. The summed E-state index contributed by atoms with van der Waals surface area (Å²) < 4.78 is 15.8. The molecule has 0 bridgehead atoms. The van der Waals surface area contributed by atoms with Crippen LogP contribution in [0, 0.1) is 18.3 Å². The molecule has 0 atom stereocenters. The zero-order chi connectivity index (χ0) is 22.5. The van der Waals surface area contributed by atoms with E-state index in [1.165, 1.54) is 19.3 Å². The van der Waals surface area contributed by atoms with E-state index in [0.717, 1.165) is 11.1 Å². The van der Waals surface area contributed by atoms with E-state index in [4.69, 9.17) is 13.9 Å². The molecule has 6 nitrogen and oxygen atoms in total. The highest BCUT2D eigenvalue weighted by Crippen LogP contribution is 2.27. The summed E-state index contributed by atoms with van der Waals surface area (Å²) in [4.78, 5) is 24.5. The summed E-state index contributed by atoms with van der Waals surface area (Å²) >= 11 is 0. The third-order valence-electron chi connectivity index (χ3n) is 4.94. The first kappa shape index (κ1) is 21.8. The Morgan fingerprint density at radius 1 is 1.23 bits per heavy atom. The molecule has 0 fully saturated rings. The highest BCUT2D eigenvalue weighted by molar-refractivity contribution is 5.98. The fraction of sp³-hybridized carbons (Fsp3) is 0.240. The van der Waals surface area contributed by atoms with Gasteiger partial charge in [0.15, 0.2) is 0 Å². The highest BCUT2D eigenvalue weighted by atomic mass is 16.5. The Morgan fingerprint density at radius 2 is 2.00 bits per heavy atom. The molecular formula is C25H23NO5. The van der Waals surface area contributed by atoms with Crippen LogP contribution in [0.4, 0.5) is 0 Å². The quantitative estimate of drug-likeness (QED) is 0.246. The molecule has 0 aliphatic carbocycles. The largest absolute Gasteiger partial charge is 0.497 e. The maximum atomic E-state index is 12.5. The minimum Gasteiger partial charge on any atom is -0.497 e. The van der Waals surface area contributed by atoms with Gasteiger partial charge < -0.3 is 13.9 Å². The van der Waals surface area contributed by atoms with Crippen molar-refractivity contribution in [2.45, 2.75) is 33.3 Å². The van der Waals surface area contributed by atoms with Crippen LogP contribution in [-0.2, 0) is 16.1 Å². The van der Waals surface area contributed by atoms with Gasteiger partial charge in [-0.25, -0.2) is 9.59 Å². The van der Waals surface area contributed by atoms with Gasteiger partial charge in [0, 0.05) is 17.0 Å². The molecule has 3 rings (SSSR count). The van der Waals surface area contributed by atoms with Gasteiger partial charge in [-0.3, -0.25) is 0 Å². The van der Waals surface area contributed by atoms with E-state index in [-0.39, 0.29) is 18.1 Å². The van der Waals surface area contributed by atoms with Crippen molar-refractivity contribution in [1.29, 1.82) is 5.26 Å². The molecule has 158 valence electrons. The number of hydrogen-bond acceptors (Lipinski definition) is 6. The van der Waals surface area contributed by atoms with Crippen LogP contribution in [0.3, 0.4) is 0 Å². The fourth-order valence-corrected chi connectivity index (χ4v) is 3.39. The van der Waals surface area contributed by atoms with Gasteiger partial charge in [-0.2, -0.15) is 5.26 Å². The van der Waals surface area contributed by atoms with Crippen LogP contribution in [-0.4, -0.2) is 13.1 Å². The van der Waals surface area contributed by atoms with E-state index < -0.39 is 11.6 Å². The Morgan fingerprint density at radius 3 is 2.68 bits per heavy atom. The number of benzene rings is 2. The zero-order valence-corrected chi connectivity index (χ0v) is 17.9. The number of aryl methyl sites for hydroxylation is 1. The second-order valence-electron chi connectivity index (χ2n) is 7.47. The monoisotopic (exact) mass is 417 g/mol. The Hall–Kier alpha value is -3.85. The van der Waals surface area contributed by atoms with Crippen LogP contribution in [0.25, 0.3) is 17.0 Å². The molecule has 0 saturated heterocycles. The molecule has 0 saturated carbocycles.